The fourth-order valence-corrected chi connectivity index (χ4v) is 2.51. The zero-order valence-corrected chi connectivity index (χ0v) is 7.99. The minimum Gasteiger partial charge on any atom is -0.469 e. The van der Waals surface area contributed by atoms with Gasteiger partial charge in [-0.1, -0.05) is 0 Å². The van der Waals surface area contributed by atoms with Crippen molar-refractivity contribution >= 4 is 5.97 Å². The molecule has 0 aromatic rings. The number of hydrogen-bond acceptors (Lipinski definition) is 3. The van der Waals surface area contributed by atoms with Crippen LogP contribution >= 0.6 is 0 Å². The average molecular weight is 184 g/mol. The Morgan fingerprint density at radius 1 is 1.38 bits per heavy atom. The van der Waals surface area contributed by atoms with Crippen LogP contribution in [0.3, 0.4) is 0 Å². The van der Waals surface area contributed by atoms with E-state index in [-0.39, 0.29) is 11.9 Å². The zero-order valence-electron chi connectivity index (χ0n) is 7.99. The van der Waals surface area contributed by atoms with E-state index >= 15 is 0 Å². The molecule has 3 atom stereocenters. The highest BCUT2D eigenvalue weighted by Crippen LogP contribution is 2.37. The van der Waals surface area contributed by atoms with Crippen LogP contribution in [0.4, 0.5) is 0 Å². The number of fused-ring (bicyclic) bond motifs is 1. The third-order valence-corrected chi connectivity index (χ3v) is 3.27. The van der Waals surface area contributed by atoms with Gasteiger partial charge in [0.1, 0.15) is 0 Å². The van der Waals surface area contributed by atoms with Gasteiger partial charge in [0, 0.05) is 6.61 Å². The van der Waals surface area contributed by atoms with Gasteiger partial charge >= 0.3 is 5.97 Å². The molecule has 0 spiro atoms. The molecule has 74 valence electrons. The van der Waals surface area contributed by atoms with E-state index in [1.165, 1.54) is 7.11 Å². The average Bonchev–Trinajstić information content (AvgIpc) is 2.63. The normalized spacial score (nSPS) is 38.4. The first kappa shape index (κ1) is 9.00. The van der Waals surface area contributed by atoms with Gasteiger partial charge in [0.15, 0.2) is 0 Å². The molecule has 3 nitrogen and oxygen atoms in total. The summed E-state index contributed by atoms with van der Waals surface area (Å²) in [6.07, 6.45) is 4.49. The quantitative estimate of drug-likeness (QED) is 0.577. The number of methoxy groups -OCH3 is 1. The molecule has 0 N–H and O–H groups in total. The maximum absolute atomic E-state index is 11.3. The van der Waals surface area contributed by atoms with Gasteiger partial charge in [-0.15, -0.1) is 0 Å². The second-order valence-electron chi connectivity index (χ2n) is 3.99. The molecule has 0 radical (unpaired) electrons. The summed E-state index contributed by atoms with van der Waals surface area (Å²) in [4.78, 5) is 11.3. The molecule has 1 saturated carbocycles. The van der Waals surface area contributed by atoms with Gasteiger partial charge < -0.3 is 9.47 Å². The van der Waals surface area contributed by atoms with E-state index in [2.05, 4.69) is 0 Å². The number of carbonyl (C=O) groups excluding carboxylic acids is 1. The van der Waals surface area contributed by atoms with Gasteiger partial charge in [0.25, 0.3) is 0 Å². The van der Waals surface area contributed by atoms with Gasteiger partial charge in [0.2, 0.25) is 0 Å². The highest BCUT2D eigenvalue weighted by atomic mass is 16.5. The molecule has 2 aliphatic rings. The number of ether oxygens (including phenoxy) is 2. The van der Waals surface area contributed by atoms with Crippen molar-refractivity contribution in [2.24, 2.45) is 11.8 Å². The molecule has 0 aromatic heterocycles. The highest BCUT2D eigenvalue weighted by Gasteiger charge is 2.37. The third-order valence-electron chi connectivity index (χ3n) is 3.27. The van der Waals surface area contributed by atoms with Gasteiger partial charge in [-0.3, -0.25) is 4.79 Å². The third kappa shape index (κ3) is 1.70. The first-order valence-corrected chi connectivity index (χ1v) is 5.00. The zero-order chi connectivity index (χ0) is 9.26. The largest absolute Gasteiger partial charge is 0.469 e. The monoisotopic (exact) mass is 184 g/mol. The summed E-state index contributed by atoms with van der Waals surface area (Å²) in [5.41, 5.74) is 0. The summed E-state index contributed by atoms with van der Waals surface area (Å²) in [5.74, 6) is 0.705. The van der Waals surface area contributed by atoms with E-state index in [0.29, 0.717) is 12.0 Å². The Hall–Kier alpha value is -0.570. The van der Waals surface area contributed by atoms with E-state index < -0.39 is 0 Å². The van der Waals surface area contributed by atoms with Crippen molar-refractivity contribution in [3.05, 3.63) is 0 Å². The molecule has 1 aliphatic heterocycles. The Morgan fingerprint density at radius 3 is 3.00 bits per heavy atom. The van der Waals surface area contributed by atoms with Crippen LogP contribution in [0.5, 0.6) is 0 Å². The molecule has 0 aromatic carbocycles. The van der Waals surface area contributed by atoms with Crippen LogP contribution in [0.15, 0.2) is 0 Å². The lowest BCUT2D eigenvalue weighted by Gasteiger charge is -2.28. The SMILES string of the molecule is COC(=O)[C@H]1CC[C@H]2OCC[C@H]2C1. The van der Waals surface area contributed by atoms with Crippen LogP contribution in [0.25, 0.3) is 0 Å². The molecule has 13 heavy (non-hydrogen) atoms. The molecule has 3 heteroatoms. The molecule has 0 bridgehead atoms. The second-order valence-corrected chi connectivity index (χ2v) is 3.99. The molecule has 1 heterocycles. The molecule has 2 fully saturated rings. The van der Waals surface area contributed by atoms with Crippen LogP contribution in [-0.2, 0) is 14.3 Å². The maximum atomic E-state index is 11.3. The van der Waals surface area contributed by atoms with Crippen molar-refractivity contribution in [3.63, 3.8) is 0 Å². The smallest absolute Gasteiger partial charge is 0.308 e. The molecule has 1 aliphatic carbocycles. The topological polar surface area (TPSA) is 35.5 Å². The molecule has 0 unspecified atom stereocenters. The van der Waals surface area contributed by atoms with E-state index in [1.807, 2.05) is 0 Å². The number of hydrogen-bond donors (Lipinski definition) is 0. The van der Waals surface area contributed by atoms with Crippen LogP contribution in [0, 0.1) is 11.8 Å². The van der Waals surface area contributed by atoms with E-state index in [1.54, 1.807) is 0 Å². The summed E-state index contributed by atoms with van der Waals surface area (Å²) in [7, 11) is 1.47. The Balaban J connectivity index is 1.93. The molecule has 2 rings (SSSR count). The van der Waals surface area contributed by atoms with Gasteiger partial charge in [-0.05, 0) is 31.6 Å². The molecule has 0 amide bonds. The second kappa shape index (κ2) is 3.66. The number of esters is 1. The predicted octanol–water partition coefficient (Wildman–Crippen LogP) is 1.36. The lowest BCUT2D eigenvalue weighted by molar-refractivity contribution is -0.147. The van der Waals surface area contributed by atoms with E-state index in [0.717, 1.165) is 32.3 Å². The molecule has 1 saturated heterocycles. The first-order valence-electron chi connectivity index (χ1n) is 5.00. The van der Waals surface area contributed by atoms with Crippen LogP contribution in [0.1, 0.15) is 25.7 Å². The Bertz CT molecular complexity index is 202. The van der Waals surface area contributed by atoms with Crippen LogP contribution in [0.2, 0.25) is 0 Å². The van der Waals surface area contributed by atoms with Gasteiger partial charge in [-0.25, -0.2) is 0 Å². The Kier molecular flexibility index (Phi) is 2.54. The standard InChI is InChI=1S/C10H16O3/c1-12-10(11)8-2-3-9-7(6-8)4-5-13-9/h7-9H,2-6H2,1H3/t7-,8-,9+/m0/s1. The fourth-order valence-electron chi connectivity index (χ4n) is 2.51. The maximum Gasteiger partial charge on any atom is 0.308 e. The van der Waals surface area contributed by atoms with Crippen molar-refractivity contribution in [2.75, 3.05) is 13.7 Å². The van der Waals surface area contributed by atoms with Crippen molar-refractivity contribution in [1.29, 1.82) is 0 Å². The van der Waals surface area contributed by atoms with Crippen molar-refractivity contribution < 1.29 is 14.3 Å². The van der Waals surface area contributed by atoms with Crippen LogP contribution in [-0.4, -0.2) is 25.8 Å². The van der Waals surface area contributed by atoms with Gasteiger partial charge in [-0.2, -0.15) is 0 Å². The molecular formula is C10H16O3. The van der Waals surface area contributed by atoms with Gasteiger partial charge in [0.05, 0.1) is 19.1 Å². The van der Waals surface area contributed by atoms with E-state index in [4.69, 9.17) is 9.47 Å². The molecular weight excluding hydrogens is 168 g/mol. The minimum absolute atomic E-state index is 0.0367. The summed E-state index contributed by atoms with van der Waals surface area (Å²) < 4.78 is 10.3. The Labute approximate surface area is 78.4 Å². The van der Waals surface area contributed by atoms with Crippen molar-refractivity contribution in [2.45, 2.75) is 31.8 Å². The lowest BCUT2D eigenvalue weighted by Crippen LogP contribution is -2.30. The Morgan fingerprint density at radius 2 is 2.23 bits per heavy atom. The summed E-state index contributed by atoms with van der Waals surface area (Å²) in [6, 6.07) is 0. The first-order chi connectivity index (χ1) is 6.31. The summed E-state index contributed by atoms with van der Waals surface area (Å²) in [6.45, 7) is 0.878. The highest BCUT2D eigenvalue weighted by molar-refractivity contribution is 5.72. The number of carbonyl (C=O) groups is 1. The summed E-state index contributed by atoms with van der Waals surface area (Å²) in [5, 5.41) is 0. The van der Waals surface area contributed by atoms with Crippen molar-refractivity contribution in [1.82, 2.24) is 0 Å². The fraction of sp³-hybridized carbons (Fsp3) is 0.900. The minimum atomic E-state index is -0.0367. The predicted molar refractivity (Wildman–Crippen MR) is 47.2 cm³/mol. The van der Waals surface area contributed by atoms with E-state index in [9.17, 15) is 4.79 Å². The van der Waals surface area contributed by atoms with Crippen LogP contribution < -0.4 is 0 Å². The van der Waals surface area contributed by atoms with Crippen molar-refractivity contribution in [3.8, 4) is 0 Å². The number of rotatable bonds is 1. The lowest BCUT2D eigenvalue weighted by atomic mass is 9.79. The summed E-state index contributed by atoms with van der Waals surface area (Å²) >= 11 is 0.